The molecule has 0 aliphatic rings. The average Bonchev–Trinajstić information content (AvgIpc) is 2.69. The number of carbonyl (C=O) groups excluding carboxylic acids is 1. The van der Waals surface area contributed by atoms with Gasteiger partial charge < -0.3 is 20.4 Å². The summed E-state index contributed by atoms with van der Waals surface area (Å²) in [6, 6.07) is 18.6. The third-order valence-electron chi connectivity index (χ3n) is 4.65. The Bertz CT molecular complexity index is 1190. The average molecular weight is 372 g/mol. The van der Waals surface area contributed by atoms with E-state index in [2.05, 4.69) is 0 Å². The molecule has 0 spiro atoms. The van der Waals surface area contributed by atoms with E-state index in [0.717, 1.165) is 0 Å². The summed E-state index contributed by atoms with van der Waals surface area (Å²) in [4.78, 5) is 13.2. The van der Waals surface area contributed by atoms with Gasteiger partial charge in [-0.2, -0.15) is 0 Å². The fourth-order valence-corrected chi connectivity index (χ4v) is 3.25. The molecule has 0 amide bonds. The van der Waals surface area contributed by atoms with Gasteiger partial charge in [-0.05, 0) is 70.9 Å². The highest BCUT2D eigenvalue weighted by atomic mass is 16.3. The van der Waals surface area contributed by atoms with Crippen molar-refractivity contribution in [3.63, 3.8) is 0 Å². The number of hydrogen-bond donors (Lipinski definition) is 4. The zero-order valence-electron chi connectivity index (χ0n) is 14.6. The van der Waals surface area contributed by atoms with E-state index in [4.69, 9.17) is 0 Å². The minimum Gasteiger partial charge on any atom is -0.508 e. The van der Waals surface area contributed by atoms with E-state index in [0.29, 0.717) is 33.0 Å². The van der Waals surface area contributed by atoms with Crippen molar-refractivity contribution in [3.05, 3.63) is 83.9 Å². The molecule has 4 N–H and O–H groups in total. The molecule has 0 saturated heterocycles. The summed E-state index contributed by atoms with van der Waals surface area (Å²) in [7, 11) is 0. The number of carbonyl (C=O) groups is 1. The zero-order valence-corrected chi connectivity index (χ0v) is 14.6. The van der Waals surface area contributed by atoms with Gasteiger partial charge in [-0.1, -0.05) is 18.2 Å². The highest BCUT2D eigenvalue weighted by molar-refractivity contribution is 6.17. The van der Waals surface area contributed by atoms with Crippen molar-refractivity contribution in [2.45, 2.75) is 0 Å². The first-order valence-corrected chi connectivity index (χ1v) is 8.56. The Morgan fingerprint density at radius 1 is 0.643 bits per heavy atom. The molecule has 28 heavy (non-hydrogen) atoms. The van der Waals surface area contributed by atoms with Crippen LogP contribution in [0.4, 0.5) is 0 Å². The maximum absolute atomic E-state index is 13.2. The molecule has 0 atom stereocenters. The molecule has 0 aliphatic carbocycles. The SMILES string of the molecule is O=C(c1ccc(O)cc1)c1ccc2cc(O)c(O)cc2c1-c1ccc(O)cc1. The molecule has 0 bridgehead atoms. The van der Waals surface area contributed by atoms with Gasteiger partial charge in [0.15, 0.2) is 17.3 Å². The second-order valence-electron chi connectivity index (χ2n) is 6.47. The van der Waals surface area contributed by atoms with Crippen LogP contribution in [0.25, 0.3) is 21.9 Å². The monoisotopic (exact) mass is 372 g/mol. The Balaban J connectivity index is 2.01. The molecule has 4 aromatic carbocycles. The van der Waals surface area contributed by atoms with Crippen molar-refractivity contribution in [3.8, 4) is 34.1 Å². The zero-order chi connectivity index (χ0) is 19.8. The van der Waals surface area contributed by atoms with E-state index in [9.17, 15) is 25.2 Å². The van der Waals surface area contributed by atoms with Crippen LogP contribution in [0, 0.1) is 0 Å². The second-order valence-corrected chi connectivity index (χ2v) is 6.47. The summed E-state index contributed by atoms with van der Waals surface area (Å²) in [5, 5.41) is 40.2. The van der Waals surface area contributed by atoms with Gasteiger partial charge in [0, 0.05) is 16.7 Å². The maximum Gasteiger partial charge on any atom is 0.193 e. The number of phenols is 4. The van der Waals surface area contributed by atoms with Crippen LogP contribution in [-0.4, -0.2) is 26.2 Å². The molecule has 5 nitrogen and oxygen atoms in total. The molecule has 0 aliphatic heterocycles. The first kappa shape index (κ1) is 17.4. The number of fused-ring (bicyclic) bond motifs is 1. The van der Waals surface area contributed by atoms with Gasteiger partial charge in [0.05, 0.1) is 0 Å². The lowest BCUT2D eigenvalue weighted by atomic mass is 9.89. The third-order valence-corrected chi connectivity index (χ3v) is 4.65. The molecule has 0 unspecified atom stereocenters. The minimum absolute atomic E-state index is 0.0641. The second kappa shape index (κ2) is 6.63. The number of ketones is 1. The predicted octanol–water partition coefficient (Wildman–Crippen LogP) is 4.56. The van der Waals surface area contributed by atoms with Crippen LogP contribution in [0.3, 0.4) is 0 Å². The summed E-state index contributed by atoms with van der Waals surface area (Å²) in [5.41, 5.74) is 2.05. The normalized spacial score (nSPS) is 10.9. The van der Waals surface area contributed by atoms with E-state index in [1.165, 1.54) is 48.5 Å². The van der Waals surface area contributed by atoms with Crippen molar-refractivity contribution >= 4 is 16.6 Å². The summed E-state index contributed by atoms with van der Waals surface area (Å²) in [6.07, 6.45) is 0. The largest absolute Gasteiger partial charge is 0.508 e. The van der Waals surface area contributed by atoms with E-state index in [-0.39, 0.29) is 28.8 Å². The van der Waals surface area contributed by atoms with Gasteiger partial charge in [0.25, 0.3) is 0 Å². The van der Waals surface area contributed by atoms with Crippen molar-refractivity contribution in [1.29, 1.82) is 0 Å². The topological polar surface area (TPSA) is 98.0 Å². The third kappa shape index (κ3) is 2.99. The number of benzene rings is 4. The Kier molecular flexibility index (Phi) is 4.12. The molecule has 0 heterocycles. The molecule has 0 fully saturated rings. The molecule has 4 aromatic rings. The van der Waals surface area contributed by atoms with Gasteiger partial charge in [-0.3, -0.25) is 4.79 Å². The fourth-order valence-electron chi connectivity index (χ4n) is 3.25. The quantitative estimate of drug-likeness (QED) is 0.312. The lowest BCUT2D eigenvalue weighted by molar-refractivity contribution is 0.103. The summed E-state index contributed by atoms with van der Waals surface area (Å²) < 4.78 is 0. The fraction of sp³-hybridized carbons (Fsp3) is 0. The van der Waals surface area contributed by atoms with Gasteiger partial charge >= 0.3 is 0 Å². The first-order valence-electron chi connectivity index (χ1n) is 8.56. The van der Waals surface area contributed by atoms with Crippen LogP contribution in [-0.2, 0) is 0 Å². The smallest absolute Gasteiger partial charge is 0.193 e. The van der Waals surface area contributed by atoms with Crippen LogP contribution in [0.2, 0.25) is 0 Å². The lowest BCUT2D eigenvalue weighted by Gasteiger charge is -2.14. The highest BCUT2D eigenvalue weighted by Gasteiger charge is 2.19. The number of hydrogen-bond acceptors (Lipinski definition) is 5. The van der Waals surface area contributed by atoms with Crippen LogP contribution in [0.1, 0.15) is 15.9 Å². The molecular formula is C23H16O5. The molecule has 138 valence electrons. The standard InChI is InChI=1S/C23H16O5/c24-16-6-1-13(2-7-16)22-18(23(28)14-3-8-17(25)9-4-14)10-5-15-11-20(26)21(27)12-19(15)22/h1-12,24-27H. The van der Waals surface area contributed by atoms with Crippen molar-refractivity contribution in [1.82, 2.24) is 0 Å². The molecule has 0 aromatic heterocycles. The maximum atomic E-state index is 13.2. The first-order chi connectivity index (χ1) is 13.4. The van der Waals surface area contributed by atoms with Crippen LogP contribution < -0.4 is 0 Å². The Morgan fingerprint density at radius 3 is 1.86 bits per heavy atom. The minimum atomic E-state index is -0.290. The summed E-state index contributed by atoms with van der Waals surface area (Å²) >= 11 is 0. The van der Waals surface area contributed by atoms with E-state index >= 15 is 0 Å². The lowest BCUT2D eigenvalue weighted by Crippen LogP contribution is -2.04. The van der Waals surface area contributed by atoms with Gasteiger partial charge in [0.1, 0.15) is 11.5 Å². The number of phenolic OH excluding ortho intramolecular Hbond substituents is 4. The number of rotatable bonds is 3. The predicted molar refractivity (Wildman–Crippen MR) is 106 cm³/mol. The van der Waals surface area contributed by atoms with E-state index in [1.807, 2.05) is 0 Å². The molecular weight excluding hydrogens is 356 g/mol. The van der Waals surface area contributed by atoms with Crippen molar-refractivity contribution in [2.75, 3.05) is 0 Å². The van der Waals surface area contributed by atoms with Crippen LogP contribution in [0.15, 0.2) is 72.8 Å². The Hall–Kier alpha value is -3.99. The molecule has 0 radical (unpaired) electrons. The van der Waals surface area contributed by atoms with Gasteiger partial charge in [-0.15, -0.1) is 0 Å². The summed E-state index contributed by atoms with van der Waals surface area (Å²) in [6.45, 7) is 0. The van der Waals surface area contributed by atoms with E-state index < -0.39 is 0 Å². The number of aromatic hydroxyl groups is 4. The summed E-state index contributed by atoms with van der Waals surface area (Å²) in [5.74, 6) is -0.633. The van der Waals surface area contributed by atoms with E-state index in [1.54, 1.807) is 24.3 Å². The molecule has 4 rings (SSSR count). The van der Waals surface area contributed by atoms with Crippen molar-refractivity contribution < 1.29 is 25.2 Å². The van der Waals surface area contributed by atoms with Crippen LogP contribution >= 0.6 is 0 Å². The van der Waals surface area contributed by atoms with Gasteiger partial charge in [0.2, 0.25) is 0 Å². The van der Waals surface area contributed by atoms with Crippen molar-refractivity contribution in [2.24, 2.45) is 0 Å². The molecule has 5 heteroatoms. The van der Waals surface area contributed by atoms with Gasteiger partial charge in [-0.25, -0.2) is 0 Å². The Morgan fingerprint density at radius 2 is 1.21 bits per heavy atom. The van der Waals surface area contributed by atoms with Crippen LogP contribution in [0.5, 0.6) is 23.0 Å². The Labute approximate surface area is 160 Å². The highest BCUT2D eigenvalue weighted by Crippen LogP contribution is 2.39. The molecule has 0 saturated carbocycles.